The van der Waals surface area contributed by atoms with Crippen molar-refractivity contribution in [1.82, 2.24) is 10.0 Å². The maximum atomic E-state index is 13.3. The van der Waals surface area contributed by atoms with E-state index in [1.165, 1.54) is 23.1 Å². The highest BCUT2D eigenvalue weighted by Crippen LogP contribution is 2.34. The van der Waals surface area contributed by atoms with E-state index in [4.69, 9.17) is 21.1 Å². The third kappa shape index (κ3) is 6.57. The summed E-state index contributed by atoms with van der Waals surface area (Å²) in [6.45, 7) is -0.0466. The predicted octanol–water partition coefficient (Wildman–Crippen LogP) is 4.05. The van der Waals surface area contributed by atoms with Crippen LogP contribution in [-0.4, -0.2) is 45.5 Å². The van der Waals surface area contributed by atoms with E-state index in [9.17, 15) is 18.0 Å². The molecule has 0 spiro atoms. The third-order valence-electron chi connectivity index (χ3n) is 6.92. The fourth-order valence-corrected chi connectivity index (χ4v) is 6.45. The highest BCUT2D eigenvalue weighted by Gasteiger charge is 2.34. The Hall–Kier alpha value is -3.60. The Morgan fingerprint density at radius 2 is 1.73 bits per heavy atom. The molecule has 210 valence electrons. The lowest BCUT2D eigenvalue weighted by molar-refractivity contribution is -0.128. The highest BCUT2D eigenvalue weighted by molar-refractivity contribution is 7.89. The molecule has 0 saturated heterocycles. The van der Waals surface area contributed by atoms with Gasteiger partial charge >= 0.3 is 0 Å². The zero-order valence-electron chi connectivity index (χ0n) is 21.7. The van der Waals surface area contributed by atoms with E-state index < -0.39 is 22.0 Å². The monoisotopic (exact) mass is 583 g/mol. The Bertz CT molecular complexity index is 1480. The van der Waals surface area contributed by atoms with Gasteiger partial charge in [0.05, 0.1) is 22.2 Å². The summed E-state index contributed by atoms with van der Waals surface area (Å²) in [7, 11) is -3.72. The van der Waals surface area contributed by atoms with E-state index in [2.05, 4.69) is 10.0 Å². The van der Waals surface area contributed by atoms with Gasteiger partial charge in [-0.3, -0.25) is 9.59 Å². The van der Waals surface area contributed by atoms with Gasteiger partial charge in [-0.05, 0) is 48.7 Å². The molecule has 40 heavy (non-hydrogen) atoms. The van der Waals surface area contributed by atoms with Gasteiger partial charge in [0.25, 0.3) is 11.8 Å². The average molecular weight is 584 g/mol. The molecular weight excluding hydrogens is 554 g/mol. The topological polar surface area (TPSA) is 114 Å². The Labute approximate surface area is 238 Å². The zero-order chi connectivity index (χ0) is 28.1. The summed E-state index contributed by atoms with van der Waals surface area (Å²) in [5, 5.41) is 2.93. The van der Waals surface area contributed by atoms with Crippen LogP contribution in [0.4, 0.5) is 5.69 Å². The maximum Gasteiger partial charge on any atom is 0.265 e. The van der Waals surface area contributed by atoms with Crippen LogP contribution in [0, 0.1) is 0 Å². The number of hydrogen-bond donors (Lipinski definition) is 2. The van der Waals surface area contributed by atoms with Crippen molar-refractivity contribution in [3.8, 4) is 11.5 Å². The number of nitrogens with zero attached hydrogens (tertiary/aromatic N) is 1. The molecule has 1 atom stereocenters. The fourth-order valence-electron chi connectivity index (χ4n) is 4.82. The van der Waals surface area contributed by atoms with Crippen molar-refractivity contribution >= 4 is 39.1 Å². The minimum absolute atomic E-state index is 0.00240. The summed E-state index contributed by atoms with van der Waals surface area (Å²) >= 11 is 6.34. The predicted molar refractivity (Wildman–Crippen MR) is 151 cm³/mol. The van der Waals surface area contributed by atoms with Crippen LogP contribution in [-0.2, 0) is 26.2 Å². The largest absolute Gasteiger partial charge is 0.482 e. The molecule has 1 aliphatic carbocycles. The summed E-state index contributed by atoms with van der Waals surface area (Å²) in [5.41, 5.74) is 1.46. The summed E-state index contributed by atoms with van der Waals surface area (Å²) < 4.78 is 39.8. The molecule has 9 nitrogen and oxygen atoms in total. The molecule has 1 saturated carbocycles. The first-order chi connectivity index (χ1) is 19.3. The normalized spacial score (nSPS) is 17.1. The van der Waals surface area contributed by atoms with Gasteiger partial charge in [0.15, 0.2) is 12.7 Å². The van der Waals surface area contributed by atoms with Crippen LogP contribution in [0.2, 0.25) is 5.02 Å². The van der Waals surface area contributed by atoms with Crippen molar-refractivity contribution in [2.24, 2.45) is 0 Å². The van der Waals surface area contributed by atoms with Crippen molar-refractivity contribution in [3.63, 3.8) is 0 Å². The first-order valence-electron chi connectivity index (χ1n) is 13.1. The Morgan fingerprint density at radius 1 is 1.00 bits per heavy atom. The third-order valence-corrected chi connectivity index (χ3v) is 8.73. The van der Waals surface area contributed by atoms with Gasteiger partial charge in [-0.25, -0.2) is 13.1 Å². The molecule has 1 aliphatic heterocycles. The van der Waals surface area contributed by atoms with E-state index in [1.807, 2.05) is 30.3 Å². The number of para-hydroxylation sites is 2. The average Bonchev–Trinajstić information content (AvgIpc) is 3.47. The number of benzene rings is 3. The smallest absolute Gasteiger partial charge is 0.265 e. The van der Waals surface area contributed by atoms with Gasteiger partial charge in [-0.2, -0.15) is 0 Å². The van der Waals surface area contributed by atoms with Crippen molar-refractivity contribution < 1.29 is 27.5 Å². The second-order valence-electron chi connectivity index (χ2n) is 9.77. The number of hydrogen-bond acceptors (Lipinski definition) is 6. The molecule has 0 radical (unpaired) electrons. The molecule has 11 heteroatoms. The summed E-state index contributed by atoms with van der Waals surface area (Å²) in [6, 6.07) is 20.5. The Balaban J connectivity index is 1.24. The van der Waals surface area contributed by atoms with Crippen molar-refractivity contribution in [2.45, 2.75) is 49.3 Å². The number of nitrogens with one attached hydrogen (secondary N) is 2. The van der Waals surface area contributed by atoms with Crippen LogP contribution >= 0.6 is 11.6 Å². The molecule has 2 N–H and O–H groups in total. The Morgan fingerprint density at radius 3 is 2.48 bits per heavy atom. The number of anilines is 1. The molecule has 0 aromatic heterocycles. The van der Waals surface area contributed by atoms with Crippen molar-refractivity contribution in [1.29, 1.82) is 0 Å². The molecular formula is C29H30ClN3O6S. The molecule has 5 rings (SSSR count). The zero-order valence-corrected chi connectivity index (χ0v) is 23.3. The summed E-state index contributed by atoms with van der Waals surface area (Å²) in [6.07, 6.45) is 2.72. The van der Waals surface area contributed by atoms with E-state index in [0.29, 0.717) is 18.0 Å². The molecule has 2 aliphatic rings. The molecule has 3 aromatic rings. The summed E-state index contributed by atoms with van der Waals surface area (Å²) in [4.78, 5) is 27.7. The highest BCUT2D eigenvalue weighted by atomic mass is 35.5. The molecule has 1 heterocycles. The number of sulfonamides is 1. The van der Waals surface area contributed by atoms with Gasteiger partial charge in [-0.15, -0.1) is 0 Å². The fraction of sp³-hybridized carbons (Fsp3) is 0.310. The number of ether oxygens (including phenoxy) is 2. The number of rotatable bonds is 9. The Kier molecular flexibility index (Phi) is 8.58. The lowest BCUT2D eigenvalue weighted by Gasteiger charge is -2.34. The van der Waals surface area contributed by atoms with E-state index >= 15 is 0 Å². The van der Waals surface area contributed by atoms with Gasteiger partial charge in [0, 0.05) is 12.6 Å². The van der Waals surface area contributed by atoms with Crippen LogP contribution in [0.15, 0.2) is 77.7 Å². The van der Waals surface area contributed by atoms with E-state index in [0.717, 1.165) is 31.2 Å². The quantitative estimate of drug-likeness (QED) is 0.393. The molecule has 1 fully saturated rings. The molecule has 2 amide bonds. The second kappa shape index (κ2) is 12.3. The first-order valence-corrected chi connectivity index (χ1v) is 15.0. The van der Waals surface area contributed by atoms with E-state index in [-0.39, 0.29) is 40.8 Å². The maximum absolute atomic E-state index is 13.3. The van der Waals surface area contributed by atoms with Crippen molar-refractivity contribution in [3.05, 3.63) is 83.4 Å². The van der Waals surface area contributed by atoms with Crippen LogP contribution in [0.3, 0.4) is 0 Å². The minimum Gasteiger partial charge on any atom is -0.482 e. The van der Waals surface area contributed by atoms with Crippen molar-refractivity contribution in [2.75, 3.05) is 18.1 Å². The van der Waals surface area contributed by atoms with Gasteiger partial charge < -0.3 is 19.7 Å². The number of amides is 2. The molecule has 3 aromatic carbocycles. The van der Waals surface area contributed by atoms with E-state index in [1.54, 1.807) is 24.3 Å². The number of carbonyl (C=O) groups excluding carboxylic acids is 2. The van der Waals surface area contributed by atoms with Gasteiger partial charge in [0.1, 0.15) is 11.5 Å². The van der Waals surface area contributed by atoms with Crippen LogP contribution in [0.5, 0.6) is 11.5 Å². The second-order valence-corrected chi connectivity index (χ2v) is 11.9. The van der Waals surface area contributed by atoms with Gasteiger partial charge in [0.2, 0.25) is 10.0 Å². The minimum atomic E-state index is -3.72. The molecule has 0 bridgehead atoms. The number of halogens is 1. The van der Waals surface area contributed by atoms with Crippen LogP contribution < -0.4 is 24.4 Å². The standard InChI is InChI=1S/C29H30ClN3O6S/c30-23-16-22(40(36,37)32-21-10-4-5-11-21)14-15-25(23)38-19-28(34)33-18-27(39-26-13-7-6-12-24(26)33)29(35)31-17-20-8-2-1-3-9-20/h1-3,6-9,12-16,21,27,32H,4-5,10-11,17-19H2,(H,31,35)/t27-/m1/s1. The summed E-state index contributed by atoms with van der Waals surface area (Å²) in [5.74, 6) is -0.173. The van der Waals surface area contributed by atoms with Crippen LogP contribution in [0.25, 0.3) is 0 Å². The lowest BCUT2D eigenvalue weighted by atomic mass is 10.1. The lowest BCUT2D eigenvalue weighted by Crippen LogP contribution is -2.51. The first kappa shape index (κ1) is 27.9. The van der Waals surface area contributed by atoms with Crippen LogP contribution in [0.1, 0.15) is 31.2 Å². The van der Waals surface area contributed by atoms with Gasteiger partial charge in [-0.1, -0.05) is 66.9 Å². The SMILES string of the molecule is O=C(NCc1ccccc1)[C@H]1CN(C(=O)COc2ccc(S(=O)(=O)NC3CCCC3)cc2Cl)c2ccccc2O1. The number of carbonyl (C=O) groups is 2. The number of fused-ring (bicyclic) bond motifs is 1. The molecule has 0 unspecified atom stereocenters.